The predicted molar refractivity (Wildman–Crippen MR) is 114 cm³/mol. The van der Waals surface area contributed by atoms with Gasteiger partial charge in [0, 0.05) is 30.6 Å². The zero-order chi connectivity index (χ0) is 22.0. The highest BCUT2D eigenvalue weighted by molar-refractivity contribution is 5.69. The summed E-state index contributed by atoms with van der Waals surface area (Å²) in [6, 6.07) is 6.07. The van der Waals surface area contributed by atoms with Crippen LogP contribution in [0, 0.1) is 23.2 Å². The second-order valence-corrected chi connectivity index (χ2v) is 7.90. The van der Waals surface area contributed by atoms with Crippen molar-refractivity contribution in [3.8, 4) is 12.1 Å². The van der Waals surface area contributed by atoms with Crippen molar-refractivity contribution in [2.24, 2.45) is 17.6 Å². The maximum absolute atomic E-state index is 11.3. The van der Waals surface area contributed by atoms with Gasteiger partial charge < -0.3 is 21.1 Å². The molecule has 4 rings (SSSR count). The lowest BCUT2D eigenvalue weighted by atomic mass is 9.93. The number of nitrogens with two attached hydrogens (primary N) is 2. The third-order valence-corrected chi connectivity index (χ3v) is 5.69. The molecule has 10 heteroatoms. The number of nitriles is 1. The molecule has 0 bridgehead atoms. The van der Waals surface area contributed by atoms with Crippen LogP contribution in [-0.2, 0) is 0 Å². The van der Waals surface area contributed by atoms with E-state index in [0.717, 1.165) is 25.0 Å². The minimum atomic E-state index is 0.0288. The van der Waals surface area contributed by atoms with E-state index in [2.05, 4.69) is 32.6 Å². The monoisotopic (exact) mass is 420 g/mol. The van der Waals surface area contributed by atoms with Crippen molar-refractivity contribution >= 4 is 23.6 Å². The minimum absolute atomic E-state index is 0.0288. The van der Waals surface area contributed by atoms with E-state index in [9.17, 15) is 4.79 Å². The molecule has 2 unspecified atom stereocenters. The van der Waals surface area contributed by atoms with Crippen LogP contribution >= 0.6 is 0 Å². The molecule has 0 aromatic carbocycles. The first-order chi connectivity index (χ1) is 15.0. The predicted octanol–water partition coefficient (Wildman–Crippen LogP) is 1.51. The van der Waals surface area contributed by atoms with Gasteiger partial charge in [-0.1, -0.05) is 6.58 Å². The Morgan fingerprint density at radius 2 is 2.06 bits per heavy atom. The number of piperidine rings is 1. The highest BCUT2D eigenvalue weighted by Gasteiger charge is 2.38. The fraction of sp³-hybridized carbons (Fsp3) is 0.429. The summed E-state index contributed by atoms with van der Waals surface area (Å²) in [7, 11) is 0. The molecule has 0 spiro atoms. The van der Waals surface area contributed by atoms with Crippen LogP contribution in [0.5, 0.6) is 6.01 Å². The van der Waals surface area contributed by atoms with Crippen LogP contribution in [0.25, 0.3) is 5.70 Å². The number of ether oxygens (including phenoxy) is 1. The lowest BCUT2D eigenvalue weighted by molar-refractivity contribution is 0.111. The Bertz CT molecular complexity index is 1040. The van der Waals surface area contributed by atoms with E-state index in [4.69, 9.17) is 21.5 Å². The van der Waals surface area contributed by atoms with Gasteiger partial charge in [0.25, 0.3) is 0 Å². The number of carbonyl (C=O) groups is 1. The SMILES string of the molecule is C=C(N)c1nc(C2CCN(c3nc(C=O)nc(OCC4CC4C#N)n3)CC2)ccc1N. The number of pyridine rings is 1. The third-order valence-electron chi connectivity index (χ3n) is 5.69. The Hall–Kier alpha value is -3.74. The van der Waals surface area contributed by atoms with Gasteiger partial charge in [-0.25, -0.2) is 4.98 Å². The Morgan fingerprint density at radius 1 is 1.29 bits per heavy atom. The first-order valence-electron chi connectivity index (χ1n) is 10.2. The molecule has 2 fully saturated rings. The van der Waals surface area contributed by atoms with Crippen molar-refractivity contribution in [2.75, 3.05) is 30.3 Å². The zero-order valence-corrected chi connectivity index (χ0v) is 17.1. The van der Waals surface area contributed by atoms with Gasteiger partial charge in [0.05, 0.1) is 30.0 Å². The quantitative estimate of drug-likeness (QED) is 0.629. The van der Waals surface area contributed by atoms with Crippen LogP contribution in [0.1, 0.15) is 47.2 Å². The molecule has 1 saturated heterocycles. The molecule has 0 amide bonds. The molecule has 2 aromatic heterocycles. The first-order valence-corrected chi connectivity index (χ1v) is 10.2. The third kappa shape index (κ3) is 4.55. The van der Waals surface area contributed by atoms with Crippen molar-refractivity contribution in [3.63, 3.8) is 0 Å². The minimum Gasteiger partial charge on any atom is -0.463 e. The Labute approximate surface area is 180 Å². The normalized spacial score (nSPS) is 20.7. The largest absolute Gasteiger partial charge is 0.463 e. The van der Waals surface area contributed by atoms with E-state index in [1.54, 1.807) is 0 Å². The van der Waals surface area contributed by atoms with Gasteiger partial charge in [0.2, 0.25) is 11.8 Å². The Kier molecular flexibility index (Phi) is 5.66. The van der Waals surface area contributed by atoms with Crippen LogP contribution < -0.4 is 21.1 Å². The van der Waals surface area contributed by atoms with Crippen LogP contribution in [0.2, 0.25) is 0 Å². The standard InChI is InChI=1S/C21H24N8O2/c1-12(23)19-16(24)2-3-17(25-19)13-4-6-29(7-5-13)20-26-18(10-30)27-21(28-20)31-11-15-8-14(15)9-22/h2-3,10,13-15H,1,4-8,11,23-24H2. The molecular weight excluding hydrogens is 396 g/mol. The van der Waals surface area contributed by atoms with Gasteiger partial charge >= 0.3 is 6.01 Å². The van der Waals surface area contributed by atoms with E-state index >= 15 is 0 Å². The van der Waals surface area contributed by atoms with E-state index in [-0.39, 0.29) is 29.6 Å². The number of hydrogen-bond acceptors (Lipinski definition) is 10. The number of hydrogen-bond donors (Lipinski definition) is 2. The highest BCUT2D eigenvalue weighted by Crippen LogP contribution is 2.37. The van der Waals surface area contributed by atoms with Crippen molar-refractivity contribution in [1.29, 1.82) is 5.26 Å². The van der Waals surface area contributed by atoms with Crippen LogP contribution in [0.15, 0.2) is 18.7 Å². The first kappa shape index (κ1) is 20.5. The Morgan fingerprint density at radius 3 is 2.71 bits per heavy atom. The molecule has 2 atom stereocenters. The van der Waals surface area contributed by atoms with Gasteiger partial charge in [0.15, 0.2) is 6.29 Å². The lowest BCUT2D eigenvalue weighted by Gasteiger charge is -2.32. The summed E-state index contributed by atoms with van der Waals surface area (Å²) < 4.78 is 5.63. The number of nitrogens with zero attached hydrogens (tertiary/aromatic N) is 6. The van der Waals surface area contributed by atoms with Gasteiger partial charge in [-0.05, 0) is 31.4 Å². The molecule has 2 aliphatic rings. The van der Waals surface area contributed by atoms with Crippen molar-refractivity contribution in [1.82, 2.24) is 19.9 Å². The number of anilines is 2. The summed E-state index contributed by atoms with van der Waals surface area (Å²) in [6.45, 7) is 5.48. The maximum atomic E-state index is 11.3. The van der Waals surface area contributed by atoms with Crippen LogP contribution in [0.4, 0.5) is 11.6 Å². The average molecular weight is 420 g/mol. The molecule has 2 aromatic rings. The molecule has 10 nitrogen and oxygen atoms in total. The summed E-state index contributed by atoms with van der Waals surface area (Å²) in [6.07, 6.45) is 3.07. The second-order valence-electron chi connectivity index (χ2n) is 7.90. The van der Waals surface area contributed by atoms with E-state index in [1.165, 1.54) is 0 Å². The van der Waals surface area contributed by atoms with E-state index < -0.39 is 0 Å². The smallest absolute Gasteiger partial charge is 0.321 e. The average Bonchev–Trinajstić information content (AvgIpc) is 3.56. The molecule has 160 valence electrons. The second kappa shape index (κ2) is 8.55. The number of aromatic nitrogens is 4. The van der Waals surface area contributed by atoms with Crippen molar-refractivity contribution in [2.45, 2.75) is 25.2 Å². The van der Waals surface area contributed by atoms with E-state index in [0.29, 0.717) is 49.0 Å². The van der Waals surface area contributed by atoms with E-state index in [1.807, 2.05) is 17.0 Å². The van der Waals surface area contributed by atoms with Gasteiger partial charge in [-0.3, -0.25) is 4.79 Å². The molecule has 1 saturated carbocycles. The highest BCUT2D eigenvalue weighted by atomic mass is 16.5. The van der Waals surface area contributed by atoms with Gasteiger partial charge in [-0.2, -0.15) is 20.2 Å². The molecule has 1 aliphatic carbocycles. The van der Waals surface area contributed by atoms with Crippen LogP contribution in [-0.4, -0.2) is 45.9 Å². The van der Waals surface area contributed by atoms with Crippen LogP contribution in [0.3, 0.4) is 0 Å². The number of rotatable bonds is 7. The van der Waals surface area contributed by atoms with Gasteiger partial charge in [-0.15, -0.1) is 0 Å². The van der Waals surface area contributed by atoms with Crippen molar-refractivity contribution in [3.05, 3.63) is 35.9 Å². The summed E-state index contributed by atoms with van der Waals surface area (Å²) >= 11 is 0. The number of aldehydes is 1. The lowest BCUT2D eigenvalue weighted by Crippen LogP contribution is -2.35. The summed E-state index contributed by atoms with van der Waals surface area (Å²) in [4.78, 5) is 30.5. The molecule has 1 aliphatic heterocycles. The number of nitrogen functional groups attached to an aromatic ring is 1. The fourth-order valence-electron chi connectivity index (χ4n) is 3.74. The Balaban J connectivity index is 1.43. The maximum Gasteiger partial charge on any atom is 0.321 e. The van der Waals surface area contributed by atoms with Crippen molar-refractivity contribution < 1.29 is 9.53 Å². The van der Waals surface area contributed by atoms with Gasteiger partial charge in [0.1, 0.15) is 5.69 Å². The summed E-state index contributed by atoms with van der Waals surface area (Å²) in [5, 5.41) is 8.91. The zero-order valence-electron chi connectivity index (χ0n) is 17.1. The molecular formula is C21H24N8O2. The summed E-state index contributed by atoms with van der Waals surface area (Å²) in [5.74, 6) is 0.920. The topological polar surface area (TPSA) is 157 Å². The molecule has 31 heavy (non-hydrogen) atoms. The molecule has 3 heterocycles. The molecule has 0 radical (unpaired) electrons. The number of carbonyl (C=O) groups excluding carboxylic acids is 1. The molecule has 4 N–H and O–H groups in total. The summed E-state index contributed by atoms with van der Waals surface area (Å²) in [5.41, 5.74) is 14.0. The fourth-order valence-corrected chi connectivity index (χ4v) is 3.74.